The first-order valence-electron chi connectivity index (χ1n) is 13.3. The van der Waals surface area contributed by atoms with Gasteiger partial charge in [0.05, 0.1) is 22.3 Å². The van der Waals surface area contributed by atoms with Crippen LogP contribution in [0.5, 0.6) is 5.75 Å². The van der Waals surface area contributed by atoms with Gasteiger partial charge >= 0.3 is 5.97 Å². The van der Waals surface area contributed by atoms with Crippen LogP contribution in [-0.2, 0) is 9.59 Å². The number of halogens is 3. The van der Waals surface area contributed by atoms with Crippen LogP contribution >= 0.6 is 47.8 Å². The number of ether oxygens (including phenoxy) is 1. The first kappa shape index (κ1) is 31.7. The fraction of sp³-hybridized carbons (Fsp3) is 0.233. The Morgan fingerprint density at radius 2 is 1.32 bits per heavy atom. The van der Waals surface area contributed by atoms with Gasteiger partial charge in [0.15, 0.2) is 5.78 Å². The standard InChI is InChI=1S/C30H22Br3N3O8/c31-19-7-1-18(2-8-19)30(41)44-21-11-5-16(6-12-21)26(37)15-34(27(38)17-3-9-20(10-4-17)36(42)43)35-28(39)22-13-24(32)25(33)14-23(22)29(35)40/h1-12,22-25H,13-15H2/t22-,23-,24+,25+/m1/s1. The molecule has 11 nitrogen and oxygen atoms in total. The van der Waals surface area contributed by atoms with E-state index in [-0.39, 0.29) is 32.2 Å². The number of non-ortho nitro benzene ring substituents is 1. The number of amides is 3. The summed E-state index contributed by atoms with van der Waals surface area (Å²) in [5.41, 5.74) is 0.154. The Morgan fingerprint density at radius 3 is 1.84 bits per heavy atom. The molecule has 1 heterocycles. The van der Waals surface area contributed by atoms with Crippen LogP contribution in [0.25, 0.3) is 0 Å². The van der Waals surface area contributed by atoms with Crippen LogP contribution in [0.3, 0.4) is 0 Å². The molecule has 5 rings (SSSR count). The van der Waals surface area contributed by atoms with Crippen LogP contribution in [0, 0.1) is 22.0 Å². The number of Topliss-reactive ketones (excluding diaryl/α,β-unsaturated/α-hetero) is 1. The Labute approximate surface area is 276 Å². The van der Waals surface area contributed by atoms with Gasteiger partial charge in [-0.3, -0.25) is 29.3 Å². The van der Waals surface area contributed by atoms with E-state index in [9.17, 15) is 34.1 Å². The molecule has 0 bridgehead atoms. The molecule has 3 amide bonds. The molecule has 2 aliphatic rings. The summed E-state index contributed by atoms with van der Waals surface area (Å²) in [4.78, 5) is 77.1. The highest BCUT2D eigenvalue weighted by atomic mass is 79.9. The van der Waals surface area contributed by atoms with E-state index in [1.807, 2.05) is 0 Å². The number of fused-ring (bicyclic) bond motifs is 1. The van der Waals surface area contributed by atoms with Crippen molar-refractivity contribution < 1.29 is 33.6 Å². The maximum absolute atomic E-state index is 13.7. The van der Waals surface area contributed by atoms with Gasteiger partial charge in [0.1, 0.15) is 12.3 Å². The summed E-state index contributed by atoms with van der Waals surface area (Å²) in [5.74, 6) is -4.41. The Balaban J connectivity index is 1.39. The lowest BCUT2D eigenvalue weighted by Crippen LogP contribution is -2.52. The van der Waals surface area contributed by atoms with Crippen LogP contribution in [0.4, 0.5) is 5.69 Å². The molecule has 1 aliphatic heterocycles. The largest absolute Gasteiger partial charge is 0.423 e. The van der Waals surface area contributed by atoms with Crippen molar-refractivity contribution in [3.05, 3.63) is 104 Å². The number of hydrogen-bond acceptors (Lipinski definition) is 8. The van der Waals surface area contributed by atoms with E-state index in [4.69, 9.17) is 4.74 Å². The van der Waals surface area contributed by atoms with Gasteiger partial charge in [-0.2, -0.15) is 5.01 Å². The van der Waals surface area contributed by atoms with Crippen molar-refractivity contribution in [1.29, 1.82) is 0 Å². The van der Waals surface area contributed by atoms with Gasteiger partial charge in [-0.1, -0.05) is 47.8 Å². The maximum Gasteiger partial charge on any atom is 0.343 e. The first-order chi connectivity index (χ1) is 20.9. The molecule has 2 fully saturated rings. The van der Waals surface area contributed by atoms with Crippen molar-refractivity contribution in [1.82, 2.24) is 10.0 Å². The summed E-state index contributed by atoms with van der Waals surface area (Å²) in [6.45, 7) is -0.666. The number of hydrogen-bond donors (Lipinski definition) is 0. The Kier molecular flexibility index (Phi) is 9.42. The highest BCUT2D eigenvalue weighted by molar-refractivity contribution is 9.12. The molecule has 0 spiro atoms. The Morgan fingerprint density at radius 1 is 0.818 bits per heavy atom. The predicted molar refractivity (Wildman–Crippen MR) is 168 cm³/mol. The molecule has 14 heteroatoms. The molecular weight excluding hydrogens is 770 g/mol. The van der Waals surface area contributed by atoms with E-state index in [0.29, 0.717) is 18.4 Å². The van der Waals surface area contributed by atoms with Gasteiger partial charge in [-0.05, 0) is 73.5 Å². The number of hydrazine groups is 1. The third kappa shape index (κ3) is 6.52. The molecular formula is C30H22Br3N3O8. The monoisotopic (exact) mass is 789 g/mol. The fourth-order valence-electron chi connectivity index (χ4n) is 5.11. The molecule has 0 unspecified atom stereocenters. The zero-order chi connectivity index (χ0) is 31.7. The van der Waals surface area contributed by atoms with Crippen molar-refractivity contribution in [2.45, 2.75) is 22.5 Å². The first-order valence-corrected chi connectivity index (χ1v) is 15.9. The summed E-state index contributed by atoms with van der Waals surface area (Å²) in [6.07, 6.45) is 0.713. The minimum atomic E-state index is -0.848. The van der Waals surface area contributed by atoms with Crippen LogP contribution in [0.1, 0.15) is 43.9 Å². The molecule has 226 valence electrons. The molecule has 1 aliphatic carbocycles. The second kappa shape index (κ2) is 13.1. The van der Waals surface area contributed by atoms with Gasteiger partial charge < -0.3 is 4.74 Å². The average Bonchev–Trinajstić information content (AvgIpc) is 3.24. The second-order valence-corrected chi connectivity index (χ2v) is 13.5. The number of nitro benzene ring substituents is 1. The lowest BCUT2D eigenvalue weighted by Gasteiger charge is -2.30. The van der Waals surface area contributed by atoms with Gasteiger partial charge in [0, 0.05) is 37.4 Å². The van der Waals surface area contributed by atoms with Crippen molar-refractivity contribution >= 4 is 83.0 Å². The molecule has 0 radical (unpaired) electrons. The summed E-state index contributed by atoms with van der Waals surface area (Å²) >= 11 is 10.4. The summed E-state index contributed by atoms with van der Waals surface area (Å²) in [6, 6.07) is 16.9. The molecule has 0 N–H and O–H groups in total. The maximum atomic E-state index is 13.7. The van der Waals surface area contributed by atoms with Crippen molar-refractivity contribution in [2.75, 3.05) is 6.54 Å². The summed E-state index contributed by atoms with van der Waals surface area (Å²) in [5, 5.41) is 12.7. The molecule has 4 atom stereocenters. The minimum Gasteiger partial charge on any atom is -0.423 e. The molecule has 0 aromatic heterocycles. The van der Waals surface area contributed by atoms with Crippen molar-refractivity contribution in [3.63, 3.8) is 0 Å². The van der Waals surface area contributed by atoms with E-state index in [1.165, 1.54) is 36.4 Å². The Hall–Kier alpha value is -3.75. The second-order valence-electron chi connectivity index (χ2n) is 10.2. The Bertz CT molecular complexity index is 1620. The zero-order valence-corrected chi connectivity index (χ0v) is 27.4. The minimum absolute atomic E-state index is 0.0502. The van der Waals surface area contributed by atoms with Gasteiger partial charge in [-0.15, -0.1) is 0 Å². The van der Waals surface area contributed by atoms with Gasteiger partial charge in [0.25, 0.3) is 23.4 Å². The number of imide groups is 1. The number of nitro groups is 1. The molecule has 1 saturated carbocycles. The summed E-state index contributed by atoms with van der Waals surface area (Å²) < 4.78 is 6.18. The number of nitrogens with zero attached hydrogens (tertiary/aromatic N) is 3. The third-order valence-electron chi connectivity index (χ3n) is 7.45. The van der Waals surface area contributed by atoms with Gasteiger partial charge in [-0.25, -0.2) is 9.80 Å². The summed E-state index contributed by atoms with van der Waals surface area (Å²) in [7, 11) is 0. The van der Waals surface area contributed by atoms with Crippen LogP contribution in [0.15, 0.2) is 77.3 Å². The van der Waals surface area contributed by atoms with E-state index in [1.54, 1.807) is 24.3 Å². The van der Waals surface area contributed by atoms with E-state index in [0.717, 1.165) is 26.6 Å². The van der Waals surface area contributed by atoms with E-state index in [2.05, 4.69) is 47.8 Å². The normalized spacial score (nSPS) is 21.0. The highest BCUT2D eigenvalue weighted by Crippen LogP contribution is 2.43. The number of carbonyl (C=O) groups is 5. The molecule has 44 heavy (non-hydrogen) atoms. The number of benzene rings is 3. The van der Waals surface area contributed by atoms with Crippen LogP contribution in [-0.4, -0.2) is 60.6 Å². The van der Waals surface area contributed by atoms with Crippen LogP contribution < -0.4 is 4.74 Å². The number of carbonyl (C=O) groups excluding carboxylic acids is 5. The van der Waals surface area contributed by atoms with Crippen molar-refractivity contribution in [3.8, 4) is 5.75 Å². The third-order valence-corrected chi connectivity index (χ3v) is 10.7. The number of alkyl halides is 2. The smallest absolute Gasteiger partial charge is 0.343 e. The SMILES string of the molecule is O=C(CN(C(=O)c1ccc([N+](=O)[O-])cc1)N1C(=O)[C@@H]2C[C@H](Br)[C@@H](Br)C[C@H]2C1=O)c1ccc(OC(=O)c2ccc(Br)cc2)cc1. The molecule has 1 saturated heterocycles. The molecule has 3 aromatic carbocycles. The van der Waals surface area contributed by atoms with E-state index < -0.39 is 52.8 Å². The molecule has 3 aromatic rings. The highest BCUT2D eigenvalue weighted by Gasteiger charge is 2.54. The number of esters is 1. The lowest BCUT2D eigenvalue weighted by molar-refractivity contribution is -0.384. The lowest BCUT2D eigenvalue weighted by atomic mass is 9.81. The van der Waals surface area contributed by atoms with Gasteiger partial charge in [0.2, 0.25) is 0 Å². The zero-order valence-electron chi connectivity index (χ0n) is 22.6. The number of rotatable bonds is 8. The quantitative estimate of drug-likeness (QED) is 0.0535. The van der Waals surface area contributed by atoms with E-state index >= 15 is 0 Å². The topological polar surface area (TPSA) is 144 Å². The number of ketones is 1. The fourth-order valence-corrected chi connectivity index (χ4v) is 6.61. The average molecular weight is 792 g/mol. The van der Waals surface area contributed by atoms with Crippen molar-refractivity contribution in [2.24, 2.45) is 11.8 Å². The predicted octanol–water partition coefficient (Wildman–Crippen LogP) is 5.74. The van der Waals surface area contributed by atoms with Crippen LogP contribution in [0.2, 0.25) is 0 Å².